The number of pyridine rings is 1. The number of benzene rings is 1. The summed E-state index contributed by atoms with van der Waals surface area (Å²) >= 11 is 0. The van der Waals surface area contributed by atoms with Crippen LogP contribution in [0, 0.1) is 5.82 Å². The van der Waals surface area contributed by atoms with Gasteiger partial charge in [-0.15, -0.1) is 0 Å². The second-order valence-corrected chi connectivity index (χ2v) is 10.7. The number of aromatic nitrogens is 4. The molecule has 0 unspecified atom stereocenters. The third-order valence-electron chi connectivity index (χ3n) is 8.17. The van der Waals surface area contributed by atoms with Crippen molar-refractivity contribution in [2.45, 2.75) is 31.4 Å². The number of anilines is 1. The summed E-state index contributed by atoms with van der Waals surface area (Å²) in [6, 6.07) is 9.21. The van der Waals surface area contributed by atoms with Crippen LogP contribution in [0.2, 0.25) is 0 Å². The minimum atomic E-state index is -2.52. The van der Waals surface area contributed by atoms with Crippen molar-refractivity contribution in [1.82, 2.24) is 29.7 Å². The van der Waals surface area contributed by atoms with Gasteiger partial charge in [-0.05, 0) is 30.3 Å². The molecule has 0 amide bonds. The summed E-state index contributed by atoms with van der Waals surface area (Å²) in [6.45, 7) is 5.76. The Kier molecular flexibility index (Phi) is 6.17. The van der Waals surface area contributed by atoms with Crippen LogP contribution in [0.25, 0.3) is 33.3 Å². The molecule has 7 rings (SSSR count). The van der Waals surface area contributed by atoms with Crippen LogP contribution in [0.4, 0.5) is 19.0 Å². The van der Waals surface area contributed by atoms with Crippen molar-refractivity contribution < 1.29 is 17.9 Å². The Morgan fingerprint density at radius 1 is 0.949 bits per heavy atom. The zero-order valence-corrected chi connectivity index (χ0v) is 21.5. The van der Waals surface area contributed by atoms with Gasteiger partial charge in [0.25, 0.3) is 5.92 Å². The van der Waals surface area contributed by atoms with Crippen LogP contribution in [-0.4, -0.2) is 94.2 Å². The van der Waals surface area contributed by atoms with Gasteiger partial charge in [0.05, 0.1) is 30.0 Å². The van der Waals surface area contributed by atoms with Gasteiger partial charge in [0.15, 0.2) is 11.6 Å². The molecular formula is C28H30F3N7O. The molecule has 0 aliphatic carbocycles. The maximum absolute atomic E-state index is 15.1. The largest absolute Gasteiger partial charge is 0.378 e. The summed E-state index contributed by atoms with van der Waals surface area (Å²) in [4.78, 5) is 24.4. The van der Waals surface area contributed by atoms with Crippen LogP contribution in [0.1, 0.15) is 18.5 Å². The molecule has 39 heavy (non-hydrogen) atoms. The summed E-state index contributed by atoms with van der Waals surface area (Å²) in [7, 11) is 0. The molecule has 11 heteroatoms. The topological polar surface area (TPSA) is 73.4 Å². The van der Waals surface area contributed by atoms with E-state index >= 15 is 4.39 Å². The smallest absolute Gasteiger partial charge is 0.250 e. The first-order valence-corrected chi connectivity index (χ1v) is 13.5. The predicted octanol–water partition coefficient (Wildman–Crippen LogP) is 4.06. The van der Waals surface area contributed by atoms with Gasteiger partial charge in [-0.2, -0.15) is 0 Å². The predicted molar refractivity (Wildman–Crippen MR) is 142 cm³/mol. The zero-order chi connectivity index (χ0) is 26.6. The summed E-state index contributed by atoms with van der Waals surface area (Å²) in [5.41, 5.74) is 3.44. The highest BCUT2D eigenvalue weighted by Gasteiger charge is 2.39. The van der Waals surface area contributed by atoms with Gasteiger partial charge in [0.2, 0.25) is 0 Å². The number of morpholine rings is 1. The lowest BCUT2D eigenvalue weighted by Crippen LogP contribution is -2.61. The van der Waals surface area contributed by atoms with E-state index in [9.17, 15) is 8.78 Å². The summed E-state index contributed by atoms with van der Waals surface area (Å²) in [5, 5.41) is 0.733. The minimum Gasteiger partial charge on any atom is -0.378 e. The van der Waals surface area contributed by atoms with Gasteiger partial charge >= 0.3 is 0 Å². The molecule has 3 saturated heterocycles. The van der Waals surface area contributed by atoms with Crippen LogP contribution in [0.15, 0.2) is 36.5 Å². The molecule has 1 aromatic carbocycles. The number of hydrogen-bond donors (Lipinski definition) is 1. The van der Waals surface area contributed by atoms with E-state index in [2.05, 4.69) is 19.7 Å². The Morgan fingerprint density at radius 2 is 1.74 bits per heavy atom. The molecule has 3 fully saturated rings. The van der Waals surface area contributed by atoms with Crippen molar-refractivity contribution in [2.75, 3.05) is 57.4 Å². The Hall–Kier alpha value is -3.28. The van der Waals surface area contributed by atoms with Gasteiger partial charge < -0.3 is 14.6 Å². The normalized spacial score (nSPS) is 21.1. The SMILES string of the molecule is Fc1ccc2[nH]ccc2c1-c1nc(N2CCOCC2)c2nc(CN3CC(N4CCC(F)(F)CC4)C3)ccc2n1. The molecular weight excluding hydrogens is 507 g/mol. The van der Waals surface area contributed by atoms with Crippen LogP contribution in [0.5, 0.6) is 0 Å². The van der Waals surface area contributed by atoms with Crippen molar-refractivity contribution in [2.24, 2.45) is 0 Å². The average molecular weight is 538 g/mol. The zero-order valence-electron chi connectivity index (χ0n) is 21.5. The van der Waals surface area contributed by atoms with E-state index in [0.717, 1.165) is 29.7 Å². The number of H-pyrrole nitrogens is 1. The highest BCUT2D eigenvalue weighted by Crippen LogP contribution is 2.34. The van der Waals surface area contributed by atoms with E-state index in [4.69, 9.17) is 19.7 Å². The van der Waals surface area contributed by atoms with Gasteiger partial charge in [-0.3, -0.25) is 9.80 Å². The van der Waals surface area contributed by atoms with Crippen LogP contribution in [-0.2, 0) is 11.3 Å². The number of alkyl halides is 2. The summed E-state index contributed by atoms with van der Waals surface area (Å²) in [5.74, 6) is -1.87. The number of halogens is 3. The van der Waals surface area contributed by atoms with E-state index in [1.807, 2.05) is 18.2 Å². The Morgan fingerprint density at radius 3 is 2.54 bits per heavy atom. The maximum atomic E-state index is 15.1. The fourth-order valence-corrected chi connectivity index (χ4v) is 5.92. The van der Waals surface area contributed by atoms with Crippen molar-refractivity contribution in [3.63, 3.8) is 0 Å². The van der Waals surface area contributed by atoms with Gasteiger partial charge in [0.1, 0.15) is 11.3 Å². The number of fused-ring (bicyclic) bond motifs is 2. The van der Waals surface area contributed by atoms with Crippen LogP contribution >= 0.6 is 0 Å². The average Bonchev–Trinajstić information content (AvgIpc) is 3.39. The third kappa shape index (κ3) is 4.72. The number of ether oxygens (including phenoxy) is 1. The monoisotopic (exact) mass is 537 g/mol. The van der Waals surface area contributed by atoms with Gasteiger partial charge in [-0.1, -0.05) is 0 Å². The molecule has 8 nitrogen and oxygen atoms in total. The Labute approximate surface area is 223 Å². The Balaban J connectivity index is 1.17. The first-order valence-electron chi connectivity index (χ1n) is 13.5. The fraction of sp³-hybridized carbons (Fsp3) is 0.464. The number of rotatable bonds is 5. The van der Waals surface area contributed by atoms with Crippen LogP contribution < -0.4 is 4.90 Å². The molecule has 204 valence electrons. The second kappa shape index (κ2) is 9.72. The first-order chi connectivity index (χ1) is 18.9. The van der Waals surface area contributed by atoms with E-state index < -0.39 is 5.92 Å². The highest BCUT2D eigenvalue weighted by molar-refractivity contribution is 5.96. The Bertz CT molecular complexity index is 1500. The summed E-state index contributed by atoms with van der Waals surface area (Å²) < 4.78 is 47.7. The van der Waals surface area contributed by atoms with Gasteiger partial charge in [0, 0.05) is 81.8 Å². The molecule has 3 aromatic heterocycles. The molecule has 0 saturated carbocycles. The molecule has 0 atom stereocenters. The van der Waals surface area contributed by atoms with Crippen molar-refractivity contribution >= 4 is 27.8 Å². The lowest BCUT2D eigenvalue weighted by molar-refractivity contribution is -0.0807. The molecule has 3 aliphatic heterocycles. The molecule has 0 radical (unpaired) electrons. The number of likely N-dealkylation sites (tertiary alicyclic amines) is 2. The highest BCUT2D eigenvalue weighted by atomic mass is 19.3. The lowest BCUT2D eigenvalue weighted by atomic mass is 10.0. The number of hydrogen-bond acceptors (Lipinski definition) is 7. The maximum Gasteiger partial charge on any atom is 0.250 e. The quantitative estimate of drug-likeness (QED) is 0.412. The van der Waals surface area contributed by atoms with E-state index in [1.165, 1.54) is 6.07 Å². The standard InChI is InChI=1S/C28H30F3N7O/c29-21-2-4-22-20(5-8-32-22)24(21)26-34-23-3-1-18(33-25(23)27(35-26)38-11-13-39-14-12-38)15-36-16-19(17-36)37-9-6-28(30,31)7-10-37/h1-5,8,19,32H,6-7,9-17H2. The third-order valence-corrected chi connectivity index (χ3v) is 8.17. The van der Waals surface area contributed by atoms with Crippen molar-refractivity contribution in [3.05, 3.63) is 48.0 Å². The molecule has 6 heterocycles. The lowest BCUT2D eigenvalue weighted by Gasteiger charge is -2.47. The number of piperidine rings is 1. The van der Waals surface area contributed by atoms with E-state index in [0.29, 0.717) is 80.2 Å². The minimum absolute atomic E-state index is 0.0511. The van der Waals surface area contributed by atoms with Gasteiger partial charge in [-0.25, -0.2) is 28.1 Å². The number of nitrogens with zero attached hydrogens (tertiary/aromatic N) is 6. The molecule has 1 N–H and O–H groups in total. The molecule has 3 aliphatic rings. The van der Waals surface area contributed by atoms with E-state index in [1.54, 1.807) is 12.3 Å². The second-order valence-electron chi connectivity index (χ2n) is 10.7. The summed E-state index contributed by atoms with van der Waals surface area (Å²) in [6.07, 6.45) is 1.68. The molecule has 0 spiro atoms. The number of nitrogens with one attached hydrogen (secondary N) is 1. The van der Waals surface area contributed by atoms with Crippen molar-refractivity contribution in [1.29, 1.82) is 0 Å². The first kappa shape index (κ1) is 24.7. The molecule has 0 bridgehead atoms. The fourth-order valence-electron chi connectivity index (χ4n) is 5.92. The molecule has 4 aromatic rings. The van der Waals surface area contributed by atoms with E-state index in [-0.39, 0.29) is 18.7 Å². The van der Waals surface area contributed by atoms with Crippen molar-refractivity contribution in [3.8, 4) is 11.4 Å². The van der Waals surface area contributed by atoms with Crippen LogP contribution in [0.3, 0.4) is 0 Å². The number of aromatic amines is 1.